The quantitative estimate of drug-likeness (QED) is 0.582. The SMILES string of the molecule is N#CSc1ccc(NS(=O)(=O)/C=C/c2ccc(Cl)cc2)c(Cl)c1. The Bertz CT molecular complexity index is 873. The van der Waals surface area contributed by atoms with Crippen LogP contribution in [0.3, 0.4) is 0 Å². The van der Waals surface area contributed by atoms with Gasteiger partial charge in [0.15, 0.2) is 0 Å². The molecule has 0 unspecified atom stereocenters. The van der Waals surface area contributed by atoms with E-state index in [0.717, 1.165) is 17.2 Å². The number of halogens is 2. The molecular weight excluding hydrogens is 375 g/mol. The lowest BCUT2D eigenvalue weighted by Crippen LogP contribution is -2.09. The van der Waals surface area contributed by atoms with Crippen LogP contribution in [0.2, 0.25) is 10.0 Å². The molecule has 0 saturated heterocycles. The summed E-state index contributed by atoms with van der Waals surface area (Å²) >= 11 is 12.7. The molecule has 0 fully saturated rings. The van der Waals surface area contributed by atoms with Crippen LogP contribution in [0.15, 0.2) is 52.8 Å². The van der Waals surface area contributed by atoms with E-state index in [1.54, 1.807) is 30.3 Å². The van der Waals surface area contributed by atoms with Crippen LogP contribution in [0, 0.1) is 10.7 Å². The Morgan fingerprint density at radius 3 is 2.43 bits per heavy atom. The Kier molecular flexibility index (Phi) is 5.97. The van der Waals surface area contributed by atoms with Crippen molar-refractivity contribution in [2.75, 3.05) is 4.72 Å². The van der Waals surface area contributed by atoms with Gasteiger partial charge in [-0.3, -0.25) is 4.72 Å². The minimum Gasteiger partial charge on any atom is -0.279 e. The summed E-state index contributed by atoms with van der Waals surface area (Å²) in [5.74, 6) is 0. The third kappa shape index (κ3) is 5.48. The highest BCUT2D eigenvalue weighted by Crippen LogP contribution is 2.28. The zero-order valence-corrected chi connectivity index (χ0v) is 14.7. The standard InChI is InChI=1S/C15H10Cl2N2O2S2/c16-12-3-1-11(2-4-12)7-8-23(20,21)19-15-6-5-13(22-10-18)9-14(15)17/h1-9,19H/b8-7+. The normalized spacial score (nSPS) is 11.3. The summed E-state index contributed by atoms with van der Waals surface area (Å²) < 4.78 is 26.5. The molecule has 0 heterocycles. The Balaban J connectivity index is 2.15. The topological polar surface area (TPSA) is 70.0 Å². The van der Waals surface area contributed by atoms with Crippen molar-refractivity contribution in [1.82, 2.24) is 0 Å². The van der Waals surface area contributed by atoms with Gasteiger partial charge in [0.2, 0.25) is 0 Å². The largest absolute Gasteiger partial charge is 0.279 e. The van der Waals surface area contributed by atoms with Crippen molar-refractivity contribution >= 4 is 56.8 Å². The lowest BCUT2D eigenvalue weighted by molar-refractivity contribution is 0.609. The number of nitrogens with zero attached hydrogens (tertiary/aromatic N) is 1. The van der Waals surface area contributed by atoms with E-state index in [4.69, 9.17) is 28.5 Å². The molecular formula is C15H10Cl2N2O2S2. The van der Waals surface area contributed by atoms with Crippen LogP contribution in [-0.2, 0) is 10.0 Å². The summed E-state index contributed by atoms with van der Waals surface area (Å²) in [6.45, 7) is 0. The zero-order chi connectivity index (χ0) is 16.9. The van der Waals surface area contributed by atoms with Crippen molar-refractivity contribution in [2.24, 2.45) is 0 Å². The van der Waals surface area contributed by atoms with Gasteiger partial charge in [-0.05, 0) is 53.7 Å². The summed E-state index contributed by atoms with van der Waals surface area (Å²) in [6.07, 6.45) is 1.45. The van der Waals surface area contributed by atoms with Gasteiger partial charge in [-0.2, -0.15) is 5.26 Å². The molecule has 0 saturated carbocycles. The smallest absolute Gasteiger partial charge is 0.255 e. The predicted octanol–water partition coefficient (Wildman–Crippen LogP) is 4.98. The van der Waals surface area contributed by atoms with E-state index >= 15 is 0 Å². The van der Waals surface area contributed by atoms with Crippen molar-refractivity contribution < 1.29 is 8.42 Å². The summed E-state index contributed by atoms with van der Waals surface area (Å²) in [5.41, 5.74) is 0.946. The van der Waals surface area contributed by atoms with Crippen molar-refractivity contribution in [3.05, 3.63) is 63.5 Å². The van der Waals surface area contributed by atoms with E-state index in [9.17, 15) is 8.42 Å². The fraction of sp³-hybridized carbons (Fsp3) is 0. The molecule has 0 bridgehead atoms. The van der Waals surface area contributed by atoms with Gasteiger partial charge in [0.05, 0.1) is 16.1 Å². The number of rotatable bonds is 5. The van der Waals surface area contributed by atoms with Crippen LogP contribution in [0.5, 0.6) is 0 Å². The summed E-state index contributed by atoms with van der Waals surface area (Å²) in [6, 6.07) is 11.4. The number of thiocyanates is 1. The summed E-state index contributed by atoms with van der Waals surface area (Å²) in [7, 11) is -3.71. The van der Waals surface area contributed by atoms with Crippen LogP contribution in [-0.4, -0.2) is 8.42 Å². The van der Waals surface area contributed by atoms with Gasteiger partial charge in [-0.15, -0.1) is 0 Å². The predicted molar refractivity (Wildman–Crippen MR) is 96.0 cm³/mol. The molecule has 2 aromatic rings. The Morgan fingerprint density at radius 1 is 1.13 bits per heavy atom. The molecule has 0 aromatic heterocycles. The molecule has 4 nitrogen and oxygen atoms in total. The highest BCUT2D eigenvalue weighted by molar-refractivity contribution is 8.03. The number of hydrogen-bond donors (Lipinski definition) is 1. The van der Waals surface area contributed by atoms with Crippen LogP contribution in [0.1, 0.15) is 5.56 Å². The lowest BCUT2D eigenvalue weighted by atomic mass is 10.2. The van der Waals surface area contributed by atoms with Crippen molar-refractivity contribution in [2.45, 2.75) is 4.90 Å². The van der Waals surface area contributed by atoms with Crippen molar-refractivity contribution in [1.29, 1.82) is 5.26 Å². The van der Waals surface area contributed by atoms with Gasteiger partial charge >= 0.3 is 0 Å². The molecule has 0 aliphatic rings. The van der Waals surface area contributed by atoms with Gasteiger partial charge in [0.25, 0.3) is 10.0 Å². The molecule has 0 amide bonds. The number of nitrogens with one attached hydrogen (secondary N) is 1. The minimum absolute atomic E-state index is 0.216. The molecule has 118 valence electrons. The maximum atomic E-state index is 12.1. The van der Waals surface area contributed by atoms with Gasteiger partial charge in [-0.25, -0.2) is 8.42 Å². The molecule has 2 aromatic carbocycles. The third-order valence-electron chi connectivity index (χ3n) is 2.67. The number of nitriles is 1. The van der Waals surface area contributed by atoms with E-state index in [2.05, 4.69) is 4.72 Å². The number of sulfonamides is 1. The van der Waals surface area contributed by atoms with E-state index in [1.165, 1.54) is 18.2 Å². The van der Waals surface area contributed by atoms with Gasteiger partial charge in [0.1, 0.15) is 5.40 Å². The highest BCUT2D eigenvalue weighted by Gasteiger charge is 2.09. The zero-order valence-electron chi connectivity index (χ0n) is 11.5. The highest BCUT2D eigenvalue weighted by atomic mass is 35.5. The third-order valence-corrected chi connectivity index (χ3v) is 4.81. The van der Waals surface area contributed by atoms with Crippen molar-refractivity contribution in [3.8, 4) is 5.40 Å². The van der Waals surface area contributed by atoms with Crippen LogP contribution >= 0.6 is 35.0 Å². The van der Waals surface area contributed by atoms with Crippen molar-refractivity contribution in [3.63, 3.8) is 0 Å². The molecule has 1 N–H and O–H groups in total. The van der Waals surface area contributed by atoms with E-state index < -0.39 is 10.0 Å². The van der Waals surface area contributed by atoms with Gasteiger partial charge < -0.3 is 0 Å². The first-order valence-corrected chi connectivity index (χ1v) is 9.33. The average molecular weight is 385 g/mol. The van der Waals surface area contributed by atoms with Gasteiger partial charge in [0, 0.05) is 9.92 Å². The fourth-order valence-electron chi connectivity index (χ4n) is 1.62. The second-order valence-electron chi connectivity index (χ2n) is 4.34. The van der Waals surface area contributed by atoms with Crippen LogP contribution in [0.25, 0.3) is 6.08 Å². The second kappa shape index (κ2) is 7.75. The van der Waals surface area contributed by atoms with E-state index in [-0.39, 0.29) is 10.7 Å². The molecule has 23 heavy (non-hydrogen) atoms. The number of benzene rings is 2. The fourth-order valence-corrected chi connectivity index (χ4v) is 3.41. The van der Waals surface area contributed by atoms with Gasteiger partial charge in [-0.1, -0.05) is 35.3 Å². The monoisotopic (exact) mass is 384 g/mol. The Labute approximate surface area is 148 Å². The molecule has 0 spiro atoms. The molecule has 0 aliphatic carbocycles. The summed E-state index contributed by atoms with van der Waals surface area (Å²) in [4.78, 5) is 0.636. The molecule has 0 aliphatic heterocycles. The molecule has 0 radical (unpaired) electrons. The van der Waals surface area contributed by atoms with E-state index in [0.29, 0.717) is 15.5 Å². The van der Waals surface area contributed by atoms with Crippen LogP contribution < -0.4 is 4.72 Å². The lowest BCUT2D eigenvalue weighted by Gasteiger charge is -2.07. The second-order valence-corrected chi connectivity index (χ2v) is 7.60. The molecule has 8 heteroatoms. The summed E-state index contributed by atoms with van der Waals surface area (Å²) in [5, 5.41) is 12.4. The maximum Gasteiger partial charge on any atom is 0.255 e. The first-order chi connectivity index (χ1) is 10.9. The number of thioether (sulfide) groups is 1. The maximum absolute atomic E-state index is 12.1. The Morgan fingerprint density at radius 2 is 1.83 bits per heavy atom. The Hall–Kier alpha value is -1.65. The number of anilines is 1. The van der Waals surface area contributed by atoms with Crippen LogP contribution in [0.4, 0.5) is 5.69 Å². The number of hydrogen-bond acceptors (Lipinski definition) is 4. The molecule has 0 atom stereocenters. The first kappa shape index (κ1) is 17.7. The first-order valence-electron chi connectivity index (χ1n) is 6.21. The minimum atomic E-state index is -3.71. The molecule has 2 rings (SSSR count). The van der Waals surface area contributed by atoms with E-state index in [1.807, 2.05) is 5.40 Å². The average Bonchev–Trinajstić information content (AvgIpc) is 2.50.